The molecule has 0 rings (SSSR count). The molecule has 1 atom stereocenters. The van der Waals surface area contributed by atoms with Gasteiger partial charge in [-0.3, -0.25) is 4.79 Å². The highest BCUT2D eigenvalue weighted by Gasteiger charge is 2.00. The fourth-order valence-corrected chi connectivity index (χ4v) is 2.08. The summed E-state index contributed by atoms with van der Waals surface area (Å²) in [5.41, 5.74) is 0. The molecule has 1 N–H and O–H groups in total. The molecule has 0 aliphatic carbocycles. The van der Waals surface area contributed by atoms with Gasteiger partial charge in [0.15, 0.2) is 6.10 Å². The molecule has 0 aliphatic rings. The monoisotopic (exact) mass is 320 g/mol. The third-order valence-corrected chi connectivity index (χ3v) is 3.37. The van der Waals surface area contributed by atoms with Crippen molar-refractivity contribution < 1.29 is 14.6 Å². The van der Waals surface area contributed by atoms with Gasteiger partial charge >= 0.3 is 5.97 Å². The van der Waals surface area contributed by atoms with Crippen molar-refractivity contribution >= 4 is 5.97 Å². The number of hydrogen-bond acceptors (Lipinski definition) is 3. The molecule has 0 saturated heterocycles. The molecule has 0 aromatic rings. The molecule has 130 valence electrons. The lowest BCUT2D eigenvalue weighted by Gasteiger charge is -2.01. The lowest BCUT2D eigenvalue weighted by molar-refractivity contribution is -0.143. The Kier molecular flexibility index (Phi) is 15.8. The zero-order valence-electron chi connectivity index (χ0n) is 14.8. The van der Waals surface area contributed by atoms with Gasteiger partial charge in [-0.25, -0.2) is 0 Å². The highest BCUT2D eigenvalue weighted by Crippen LogP contribution is 2.07. The Labute approximate surface area is 142 Å². The second-order valence-corrected chi connectivity index (χ2v) is 5.57. The second-order valence-electron chi connectivity index (χ2n) is 5.57. The second kappa shape index (κ2) is 16.9. The largest absolute Gasteiger partial charge is 0.466 e. The number of carbonyl (C=O) groups is 1. The zero-order chi connectivity index (χ0) is 17.2. The van der Waals surface area contributed by atoms with Crippen molar-refractivity contribution in [1.82, 2.24) is 0 Å². The van der Waals surface area contributed by atoms with E-state index in [0.717, 1.165) is 51.4 Å². The van der Waals surface area contributed by atoms with Crippen LogP contribution in [0.3, 0.4) is 0 Å². The smallest absolute Gasteiger partial charge is 0.305 e. The van der Waals surface area contributed by atoms with E-state index in [0.29, 0.717) is 13.0 Å². The third-order valence-electron chi connectivity index (χ3n) is 3.37. The Bertz CT molecular complexity index is 406. The van der Waals surface area contributed by atoms with Crippen molar-refractivity contribution in [1.29, 1.82) is 0 Å². The summed E-state index contributed by atoms with van der Waals surface area (Å²) in [7, 11) is 0. The molecular weight excluding hydrogens is 288 g/mol. The molecule has 0 bridgehead atoms. The molecule has 0 aromatic heterocycles. The molecule has 0 fully saturated rings. The minimum absolute atomic E-state index is 0.0943. The lowest BCUT2D eigenvalue weighted by Crippen LogP contribution is -2.03. The molecule has 3 heteroatoms. The normalized spacial score (nSPS) is 10.9. The van der Waals surface area contributed by atoms with Gasteiger partial charge < -0.3 is 9.84 Å². The topological polar surface area (TPSA) is 46.5 Å². The Morgan fingerprint density at radius 1 is 0.913 bits per heavy atom. The molecular formula is C20H32O3. The van der Waals surface area contributed by atoms with E-state index in [1.165, 1.54) is 12.8 Å². The van der Waals surface area contributed by atoms with Gasteiger partial charge in [0.2, 0.25) is 0 Å². The summed E-state index contributed by atoms with van der Waals surface area (Å²) in [5.74, 6) is 11.4. The first-order valence-corrected chi connectivity index (χ1v) is 9.01. The first kappa shape index (κ1) is 21.6. The van der Waals surface area contributed by atoms with Crippen LogP contribution in [0.4, 0.5) is 0 Å². The van der Waals surface area contributed by atoms with Crippen LogP contribution < -0.4 is 0 Å². The summed E-state index contributed by atoms with van der Waals surface area (Å²) in [5, 5.41) is 9.58. The van der Waals surface area contributed by atoms with E-state index in [1.54, 1.807) is 0 Å². The lowest BCUT2D eigenvalue weighted by atomic mass is 10.1. The predicted octanol–water partition coefficient (Wildman–Crippen LogP) is 4.23. The van der Waals surface area contributed by atoms with E-state index >= 15 is 0 Å². The summed E-state index contributed by atoms with van der Waals surface area (Å²) in [4.78, 5) is 11.1. The fraction of sp³-hybridized carbons (Fsp3) is 0.750. The minimum Gasteiger partial charge on any atom is -0.466 e. The predicted molar refractivity (Wildman–Crippen MR) is 94.7 cm³/mol. The van der Waals surface area contributed by atoms with Crippen LogP contribution in [0, 0.1) is 23.7 Å². The van der Waals surface area contributed by atoms with E-state index in [-0.39, 0.29) is 5.97 Å². The third kappa shape index (κ3) is 16.7. The maximum atomic E-state index is 11.1. The van der Waals surface area contributed by atoms with Crippen molar-refractivity contribution in [3.8, 4) is 23.7 Å². The van der Waals surface area contributed by atoms with Crippen LogP contribution in [-0.2, 0) is 9.53 Å². The quantitative estimate of drug-likeness (QED) is 0.352. The number of ether oxygens (including phenoxy) is 1. The summed E-state index contributed by atoms with van der Waals surface area (Å²) in [6.07, 6.45) is 10.0. The van der Waals surface area contributed by atoms with Gasteiger partial charge in [-0.15, -0.1) is 0 Å². The highest BCUT2D eigenvalue weighted by atomic mass is 16.5. The molecule has 0 amide bonds. The van der Waals surface area contributed by atoms with Gasteiger partial charge in [-0.1, -0.05) is 62.7 Å². The first-order chi connectivity index (χ1) is 11.2. The van der Waals surface area contributed by atoms with E-state index in [2.05, 4.69) is 30.6 Å². The van der Waals surface area contributed by atoms with Crippen LogP contribution in [0.2, 0.25) is 0 Å². The van der Waals surface area contributed by atoms with Crippen LogP contribution in [0.5, 0.6) is 0 Å². The summed E-state index contributed by atoms with van der Waals surface area (Å²) < 4.78 is 4.88. The minimum atomic E-state index is -0.804. The molecule has 0 aliphatic heterocycles. The van der Waals surface area contributed by atoms with Gasteiger partial charge in [0.1, 0.15) is 0 Å². The van der Waals surface area contributed by atoms with Crippen LogP contribution in [0.25, 0.3) is 0 Å². The Morgan fingerprint density at radius 2 is 1.48 bits per heavy atom. The molecule has 0 aromatic carbocycles. The van der Waals surface area contributed by atoms with Gasteiger partial charge in [0, 0.05) is 19.3 Å². The first-order valence-electron chi connectivity index (χ1n) is 9.01. The standard InChI is InChI=1S/C20H32O3/c1-3-5-6-10-13-16-19(21)17-14-11-8-7-9-12-15-18-20(22)23-4-2/h19,21H,3-12,15,18H2,1-2H3. The van der Waals surface area contributed by atoms with E-state index in [1.807, 2.05) is 6.92 Å². The van der Waals surface area contributed by atoms with Gasteiger partial charge in [-0.2, -0.15) is 0 Å². The van der Waals surface area contributed by atoms with Crippen LogP contribution in [0.1, 0.15) is 84.5 Å². The van der Waals surface area contributed by atoms with Crippen molar-refractivity contribution in [3.63, 3.8) is 0 Å². The van der Waals surface area contributed by atoms with Gasteiger partial charge in [-0.05, 0) is 26.2 Å². The molecule has 0 heterocycles. The number of esters is 1. The van der Waals surface area contributed by atoms with Crippen LogP contribution in [-0.4, -0.2) is 23.8 Å². The van der Waals surface area contributed by atoms with Crippen LogP contribution in [0.15, 0.2) is 0 Å². The number of rotatable bonds is 11. The molecule has 23 heavy (non-hydrogen) atoms. The molecule has 0 radical (unpaired) electrons. The average molecular weight is 320 g/mol. The average Bonchev–Trinajstić information content (AvgIpc) is 2.53. The molecule has 1 unspecified atom stereocenters. The van der Waals surface area contributed by atoms with Crippen molar-refractivity contribution in [3.05, 3.63) is 0 Å². The van der Waals surface area contributed by atoms with E-state index in [9.17, 15) is 9.90 Å². The zero-order valence-corrected chi connectivity index (χ0v) is 14.8. The molecule has 3 nitrogen and oxygen atoms in total. The number of aliphatic hydroxyl groups excluding tert-OH is 1. The maximum absolute atomic E-state index is 11.1. The van der Waals surface area contributed by atoms with Crippen LogP contribution >= 0.6 is 0 Å². The highest BCUT2D eigenvalue weighted by molar-refractivity contribution is 5.69. The Hall–Kier alpha value is -1.45. The summed E-state index contributed by atoms with van der Waals surface area (Å²) in [6.45, 7) is 4.45. The number of carbonyl (C=O) groups excluding carboxylic acids is 1. The van der Waals surface area contributed by atoms with E-state index < -0.39 is 6.10 Å². The molecule has 0 saturated carbocycles. The summed E-state index contributed by atoms with van der Waals surface area (Å²) in [6, 6.07) is 0. The maximum Gasteiger partial charge on any atom is 0.305 e. The SMILES string of the molecule is CCCCCC#CC(O)C#CCCCCCCCC(=O)OCC. The van der Waals surface area contributed by atoms with Crippen molar-refractivity contribution in [2.75, 3.05) is 6.61 Å². The van der Waals surface area contributed by atoms with Crippen molar-refractivity contribution in [2.45, 2.75) is 90.6 Å². The van der Waals surface area contributed by atoms with Gasteiger partial charge in [0.25, 0.3) is 0 Å². The fourth-order valence-electron chi connectivity index (χ4n) is 2.08. The summed E-state index contributed by atoms with van der Waals surface area (Å²) >= 11 is 0. The number of aliphatic hydroxyl groups is 1. The molecule has 0 spiro atoms. The number of unbranched alkanes of at least 4 members (excludes halogenated alkanes) is 8. The Morgan fingerprint density at radius 3 is 2.09 bits per heavy atom. The van der Waals surface area contributed by atoms with E-state index in [4.69, 9.17) is 4.74 Å². The van der Waals surface area contributed by atoms with Gasteiger partial charge in [0.05, 0.1) is 6.61 Å². The Balaban J connectivity index is 3.49. The number of hydrogen-bond donors (Lipinski definition) is 1. The van der Waals surface area contributed by atoms with Crippen molar-refractivity contribution in [2.24, 2.45) is 0 Å².